The first-order valence-electron chi connectivity index (χ1n) is 4.35. The Morgan fingerprint density at radius 2 is 2.57 bits per heavy atom. The number of guanidine groups is 1. The molecule has 0 aromatic carbocycles. The minimum Gasteiger partial charge on any atom is -0.368 e. The van der Waals surface area contributed by atoms with Crippen LogP contribution in [0.4, 0.5) is 0 Å². The van der Waals surface area contributed by atoms with Crippen molar-refractivity contribution in [2.24, 2.45) is 10.7 Å². The van der Waals surface area contributed by atoms with Gasteiger partial charge in [-0.2, -0.15) is 0 Å². The summed E-state index contributed by atoms with van der Waals surface area (Å²) < 4.78 is 0. The second-order valence-electron chi connectivity index (χ2n) is 2.82. The lowest BCUT2D eigenvalue weighted by atomic mass is 10.4. The van der Waals surface area contributed by atoms with Gasteiger partial charge in [-0.25, -0.2) is 15.5 Å². The molecule has 6 heteroatoms. The number of aliphatic imine (C=N–C) groups is 1. The van der Waals surface area contributed by atoms with E-state index in [2.05, 4.69) is 16.9 Å². The molecule has 0 aliphatic heterocycles. The summed E-state index contributed by atoms with van der Waals surface area (Å²) in [6, 6.07) is -0.125. The molecule has 1 atom stereocenters. The van der Waals surface area contributed by atoms with Gasteiger partial charge in [-0.1, -0.05) is 6.92 Å². The Labute approximate surface area is 86.6 Å². The zero-order chi connectivity index (χ0) is 10.6. The van der Waals surface area contributed by atoms with Crippen LogP contribution in [0.2, 0.25) is 0 Å². The molecule has 1 aromatic heterocycles. The maximum atomic E-state index is 8.46. The summed E-state index contributed by atoms with van der Waals surface area (Å²) in [6.45, 7) is 3.96. The Kier molecular flexibility index (Phi) is 3.84. The van der Waals surface area contributed by atoms with Crippen LogP contribution in [0.5, 0.6) is 0 Å². The highest BCUT2D eigenvalue weighted by Crippen LogP contribution is 2.22. The van der Waals surface area contributed by atoms with Gasteiger partial charge in [0.15, 0.2) is 0 Å². The lowest BCUT2D eigenvalue weighted by Crippen LogP contribution is -2.28. The quantitative estimate of drug-likeness (QED) is 0.399. The van der Waals surface area contributed by atoms with E-state index in [1.54, 1.807) is 16.8 Å². The minimum absolute atomic E-state index is 0.00532. The third kappa shape index (κ3) is 2.68. The van der Waals surface area contributed by atoms with Gasteiger partial charge in [0.1, 0.15) is 11.0 Å². The lowest BCUT2D eigenvalue weighted by Gasteiger charge is -2.03. The Bertz CT molecular complexity index is 323. The first-order valence-corrected chi connectivity index (χ1v) is 5.17. The minimum atomic E-state index is -0.125. The van der Waals surface area contributed by atoms with Crippen LogP contribution in [0.3, 0.4) is 0 Å². The monoisotopic (exact) mass is 214 g/mol. The summed E-state index contributed by atoms with van der Waals surface area (Å²) in [5.41, 5.74) is 7.11. The molecule has 0 radical (unpaired) electrons. The molecular weight excluding hydrogens is 200 g/mol. The molecule has 0 saturated carbocycles. The van der Waals surface area contributed by atoms with Crippen LogP contribution in [0.25, 0.3) is 0 Å². The zero-order valence-electron chi connectivity index (χ0n) is 8.19. The molecule has 1 heterocycles. The molecule has 0 saturated heterocycles. The van der Waals surface area contributed by atoms with Gasteiger partial charge in [-0.3, -0.25) is 5.21 Å². The van der Waals surface area contributed by atoms with Crippen molar-refractivity contribution in [1.82, 2.24) is 10.5 Å². The molecule has 5 nitrogen and oxygen atoms in total. The molecule has 1 unspecified atom stereocenters. The molecule has 0 aliphatic rings. The summed E-state index contributed by atoms with van der Waals surface area (Å²) >= 11 is 1.61. The Morgan fingerprint density at radius 3 is 3.07 bits per heavy atom. The topological polar surface area (TPSA) is 83.5 Å². The van der Waals surface area contributed by atoms with E-state index in [0.717, 1.165) is 11.4 Å². The molecule has 0 spiro atoms. The van der Waals surface area contributed by atoms with E-state index in [4.69, 9.17) is 10.9 Å². The number of nitrogens with two attached hydrogens (primary N) is 1. The van der Waals surface area contributed by atoms with Crippen molar-refractivity contribution in [1.29, 1.82) is 0 Å². The van der Waals surface area contributed by atoms with Gasteiger partial charge in [0.2, 0.25) is 5.96 Å². The van der Waals surface area contributed by atoms with E-state index < -0.39 is 0 Å². The predicted molar refractivity (Wildman–Crippen MR) is 56.5 cm³/mol. The van der Waals surface area contributed by atoms with Crippen LogP contribution < -0.4 is 11.2 Å². The summed E-state index contributed by atoms with van der Waals surface area (Å²) in [6.07, 6.45) is 2.82. The van der Waals surface area contributed by atoms with Crippen LogP contribution in [-0.4, -0.2) is 16.2 Å². The summed E-state index contributed by atoms with van der Waals surface area (Å²) in [5, 5.41) is 9.36. The normalized spacial score (nSPS) is 14.1. The van der Waals surface area contributed by atoms with Gasteiger partial charge < -0.3 is 5.73 Å². The second kappa shape index (κ2) is 4.92. The van der Waals surface area contributed by atoms with Crippen LogP contribution in [0, 0.1) is 0 Å². The molecular formula is C8H14N4OS. The van der Waals surface area contributed by atoms with Crippen molar-refractivity contribution >= 4 is 17.3 Å². The summed E-state index contributed by atoms with van der Waals surface area (Å²) in [4.78, 5) is 9.44. The number of nitrogens with zero attached hydrogens (tertiary/aromatic N) is 2. The first-order chi connectivity index (χ1) is 6.67. The highest BCUT2D eigenvalue weighted by Gasteiger charge is 2.08. The number of hydrogen-bond acceptors (Lipinski definition) is 4. The van der Waals surface area contributed by atoms with Crippen molar-refractivity contribution < 1.29 is 5.21 Å². The highest BCUT2D eigenvalue weighted by atomic mass is 32.1. The van der Waals surface area contributed by atoms with Crippen LogP contribution in [0.1, 0.15) is 29.8 Å². The third-order valence-corrected chi connectivity index (χ3v) is 3.04. The predicted octanol–water partition coefficient (Wildman–Crippen LogP) is 1.06. The van der Waals surface area contributed by atoms with E-state index >= 15 is 0 Å². The number of hydroxylamine groups is 1. The fourth-order valence-electron chi connectivity index (χ4n) is 0.972. The Hall–Kier alpha value is -1.14. The SMILES string of the molecule is CCc1cnc(C(C)N=C(N)NO)s1. The molecule has 0 amide bonds. The maximum absolute atomic E-state index is 8.46. The lowest BCUT2D eigenvalue weighted by molar-refractivity contribution is 0.232. The van der Waals surface area contributed by atoms with Crippen molar-refractivity contribution in [2.45, 2.75) is 26.3 Å². The molecule has 4 N–H and O–H groups in total. The second-order valence-corrected chi connectivity index (χ2v) is 3.97. The van der Waals surface area contributed by atoms with Crippen molar-refractivity contribution in [3.63, 3.8) is 0 Å². The van der Waals surface area contributed by atoms with Crippen molar-refractivity contribution in [2.75, 3.05) is 0 Å². The van der Waals surface area contributed by atoms with Gasteiger partial charge in [0.05, 0.1) is 0 Å². The van der Waals surface area contributed by atoms with Gasteiger partial charge in [0, 0.05) is 11.1 Å². The van der Waals surface area contributed by atoms with Crippen molar-refractivity contribution in [3.05, 3.63) is 16.1 Å². The fraction of sp³-hybridized carbons (Fsp3) is 0.500. The largest absolute Gasteiger partial charge is 0.368 e. The van der Waals surface area contributed by atoms with E-state index in [1.807, 2.05) is 13.1 Å². The number of rotatable bonds is 3. The molecule has 0 fully saturated rings. The molecule has 0 aliphatic carbocycles. The fourth-order valence-corrected chi connectivity index (χ4v) is 1.82. The number of thiazole rings is 1. The van der Waals surface area contributed by atoms with Gasteiger partial charge >= 0.3 is 0 Å². The number of nitrogens with one attached hydrogen (secondary N) is 1. The van der Waals surface area contributed by atoms with E-state index in [0.29, 0.717) is 0 Å². The standard InChI is InChI=1S/C8H14N4OS/c1-3-6-4-10-7(14-6)5(2)11-8(9)12-13/h4-5,13H,3H2,1-2H3,(H3,9,11,12). The Balaban J connectivity index is 2.74. The van der Waals surface area contributed by atoms with E-state index in [-0.39, 0.29) is 12.0 Å². The Morgan fingerprint density at radius 1 is 1.86 bits per heavy atom. The van der Waals surface area contributed by atoms with Gasteiger partial charge in [-0.15, -0.1) is 11.3 Å². The number of aromatic nitrogens is 1. The summed E-state index contributed by atoms with van der Waals surface area (Å²) in [7, 11) is 0. The molecule has 14 heavy (non-hydrogen) atoms. The average Bonchev–Trinajstić information content (AvgIpc) is 2.65. The molecule has 1 rings (SSSR count). The smallest absolute Gasteiger partial charge is 0.213 e. The maximum Gasteiger partial charge on any atom is 0.213 e. The third-order valence-electron chi connectivity index (χ3n) is 1.72. The van der Waals surface area contributed by atoms with Gasteiger partial charge in [-0.05, 0) is 13.3 Å². The molecule has 78 valence electrons. The van der Waals surface area contributed by atoms with Crippen LogP contribution in [-0.2, 0) is 6.42 Å². The van der Waals surface area contributed by atoms with Crippen LogP contribution >= 0.6 is 11.3 Å². The van der Waals surface area contributed by atoms with Crippen LogP contribution in [0.15, 0.2) is 11.2 Å². The molecule has 1 aromatic rings. The number of hydrogen-bond donors (Lipinski definition) is 3. The van der Waals surface area contributed by atoms with E-state index in [1.165, 1.54) is 4.88 Å². The van der Waals surface area contributed by atoms with Crippen molar-refractivity contribution in [3.8, 4) is 0 Å². The highest BCUT2D eigenvalue weighted by molar-refractivity contribution is 7.11. The summed E-state index contributed by atoms with van der Waals surface area (Å²) in [5.74, 6) is 0.00532. The average molecular weight is 214 g/mol. The zero-order valence-corrected chi connectivity index (χ0v) is 9.01. The number of aryl methyl sites for hydroxylation is 1. The first kappa shape index (κ1) is 10.9. The molecule has 0 bridgehead atoms. The van der Waals surface area contributed by atoms with E-state index in [9.17, 15) is 0 Å². The van der Waals surface area contributed by atoms with Gasteiger partial charge in [0.25, 0.3) is 0 Å².